The molecular formula is C21H19N3S. The van der Waals surface area contributed by atoms with Crippen LogP contribution >= 0.6 is 12.2 Å². The molecule has 4 aromatic rings. The topological polar surface area (TPSA) is 33.1 Å². The Morgan fingerprint density at radius 2 is 1.72 bits per heavy atom. The molecule has 0 amide bonds. The van der Waals surface area contributed by atoms with Crippen molar-refractivity contribution in [2.75, 3.05) is 0 Å². The van der Waals surface area contributed by atoms with Crippen molar-refractivity contribution in [3.05, 3.63) is 76.3 Å². The monoisotopic (exact) mass is 345 g/mol. The number of nitrogens with zero attached hydrogens (tertiary/aromatic N) is 2. The minimum absolute atomic E-state index is 0.554. The van der Waals surface area contributed by atoms with E-state index in [4.69, 9.17) is 12.2 Å². The number of hydrogen-bond acceptors (Lipinski definition) is 2. The van der Waals surface area contributed by atoms with Crippen molar-refractivity contribution >= 4 is 17.9 Å². The molecular weight excluding hydrogens is 326 g/mol. The number of benzene rings is 2. The number of hydrogen-bond donors (Lipinski definition) is 1. The van der Waals surface area contributed by atoms with Gasteiger partial charge >= 0.3 is 0 Å². The minimum atomic E-state index is 0.554. The molecule has 0 spiro atoms. The molecule has 124 valence electrons. The predicted molar refractivity (Wildman–Crippen MR) is 105 cm³/mol. The fourth-order valence-corrected chi connectivity index (χ4v) is 3.33. The molecule has 2 heterocycles. The molecule has 2 aromatic carbocycles. The summed E-state index contributed by atoms with van der Waals surface area (Å²) in [4.78, 5) is 7.97. The van der Waals surface area contributed by atoms with Crippen LogP contribution in [0.5, 0.6) is 0 Å². The van der Waals surface area contributed by atoms with Crippen LogP contribution in [0.4, 0.5) is 0 Å². The second-order valence-electron chi connectivity index (χ2n) is 6.45. The molecule has 0 fully saturated rings. The maximum atomic E-state index is 5.44. The smallest absolute Gasteiger partial charge is 0.205 e. The fourth-order valence-electron chi connectivity index (χ4n) is 3.13. The Labute approximate surface area is 152 Å². The van der Waals surface area contributed by atoms with Crippen molar-refractivity contribution in [3.8, 4) is 22.4 Å². The van der Waals surface area contributed by atoms with Crippen LogP contribution in [-0.4, -0.2) is 14.4 Å². The van der Waals surface area contributed by atoms with Gasteiger partial charge in [0, 0.05) is 18.0 Å². The van der Waals surface area contributed by atoms with Gasteiger partial charge in [-0.2, -0.15) is 0 Å². The van der Waals surface area contributed by atoms with Gasteiger partial charge in [0.25, 0.3) is 0 Å². The summed E-state index contributed by atoms with van der Waals surface area (Å²) < 4.78 is 2.51. The average molecular weight is 345 g/mol. The van der Waals surface area contributed by atoms with E-state index < -0.39 is 0 Å². The lowest BCUT2D eigenvalue weighted by Gasteiger charge is -2.07. The van der Waals surface area contributed by atoms with Gasteiger partial charge in [0.15, 0.2) is 0 Å². The summed E-state index contributed by atoms with van der Waals surface area (Å²) in [7, 11) is 0. The number of fused-ring (bicyclic) bond motifs is 1. The van der Waals surface area contributed by atoms with Crippen LogP contribution in [0.2, 0.25) is 0 Å². The molecule has 0 atom stereocenters. The van der Waals surface area contributed by atoms with E-state index in [1.165, 1.54) is 16.7 Å². The molecule has 0 saturated carbocycles. The second-order valence-corrected chi connectivity index (χ2v) is 6.82. The molecule has 0 radical (unpaired) electrons. The summed E-state index contributed by atoms with van der Waals surface area (Å²) in [5.41, 5.74) is 9.16. The van der Waals surface area contributed by atoms with Gasteiger partial charge in [-0.15, -0.1) is 0 Å². The molecule has 0 saturated heterocycles. The van der Waals surface area contributed by atoms with Crippen LogP contribution in [0.25, 0.3) is 28.0 Å². The quantitative estimate of drug-likeness (QED) is 0.476. The van der Waals surface area contributed by atoms with E-state index in [9.17, 15) is 0 Å². The van der Waals surface area contributed by atoms with Crippen molar-refractivity contribution in [2.24, 2.45) is 0 Å². The summed E-state index contributed by atoms with van der Waals surface area (Å²) >= 11 is 5.44. The van der Waals surface area contributed by atoms with E-state index in [1.807, 2.05) is 28.9 Å². The lowest BCUT2D eigenvalue weighted by Crippen LogP contribution is -1.93. The first kappa shape index (κ1) is 15.8. The van der Waals surface area contributed by atoms with Gasteiger partial charge in [-0.05, 0) is 66.9 Å². The standard InChI is InChI=1S/C21H19N3S/c1-13-8-9-16(10-15(13)3)19-12-24-20(23-19)18(11-22-21(24)25)17-7-5-4-6-14(17)2/h4-12,23H,1-3H3. The highest BCUT2D eigenvalue weighted by atomic mass is 32.1. The van der Waals surface area contributed by atoms with Crippen molar-refractivity contribution in [1.82, 2.24) is 14.4 Å². The summed E-state index contributed by atoms with van der Waals surface area (Å²) in [5, 5.41) is 0. The molecule has 0 aliphatic rings. The Kier molecular flexibility index (Phi) is 3.77. The number of aryl methyl sites for hydroxylation is 3. The van der Waals surface area contributed by atoms with Crippen LogP contribution in [0.1, 0.15) is 16.7 Å². The summed E-state index contributed by atoms with van der Waals surface area (Å²) in [6, 6.07) is 14.8. The van der Waals surface area contributed by atoms with E-state index in [2.05, 4.69) is 61.1 Å². The lowest BCUT2D eigenvalue weighted by atomic mass is 10.0. The van der Waals surface area contributed by atoms with Crippen molar-refractivity contribution in [1.29, 1.82) is 0 Å². The highest BCUT2D eigenvalue weighted by Crippen LogP contribution is 2.29. The first-order chi connectivity index (χ1) is 12.0. The first-order valence-corrected chi connectivity index (χ1v) is 8.69. The third-order valence-electron chi connectivity index (χ3n) is 4.77. The van der Waals surface area contributed by atoms with Crippen LogP contribution in [0, 0.1) is 25.5 Å². The maximum Gasteiger partial charge on any atom is 0.205 e. The maximum absolute atomic E-state index is 5.44. The number of nitrogens with one attached hydrogen (secondary N) is 1. The summed E-state index contributed by atoms with van der Waals surface area (Å²) in [6.45, 7) is 6.37. The molecule has 4 heteroatoms. The van der Waals surface area contributed by atoms with Crippen molar-refractivity contribution < 1.29 is 0 Å². The number of aromatic nitrogens is 3. The number of rotatable bonds is 2. The SMILES string of the molecule is Cc1ccc(-c2cn3c(=S)ncc(-c4ccccc4C)c3[nH]2)cc1C. The van der Waals surface area contributed by atoms with E-state index in [-0.39, 0.29) is 0 Å². The Balaban J connectivity index is 1.98. The van der Waals surface area contributed by atoms with Gasteiger partial charge in [-0.1, -0.05) is 36.4 Å². The zero-order chi connectivity index (χ0) is 17.6. The third-order valence-corrected chi connectivity index (χ3v) is 5.07. The van der Waals surface area contributed by atoms with Gasteiger partial charge < -0.3 is 4.98 Å². The minimum Gasteiger partial charge on any atom is -0.339 e. The van der Waals surface area contributed by atoms with E-state index in [1.54, 1.807) is 0 Å². The predicted octanol–water partition coefficient (Wildman–Crippen LogP) is 5.65. The van der Waals surface area contributed by atoms with Gasteiger partial charge in [0.05, 0.1) is 5.69 Å². The molecule has 25 heavy (non-hydrogen) atoms. The van der Waals surface area contributed by atoms with E-state index >= 15 is 0 Å². The first-order valence-electron chi connectivity index (χ1n) is 8.28. The van der Waals surface area contributed by atoms with E-state index in [0.717, 1.165) is 28.0 Å². The Hall–Kier alpha value is -2.72. The van der Waals surface area contributed by atoms with Gasteiger partial charge in [-0.3, -0.25) is 4.40 Å². The van der Waals surface area contributed by atoms with Crippen LogP contribution < -0.4 is 0 Å². The zero-order valence-electron chi connectivity index (χ0n) is 14.5. The molecule has 3 nitrogen and oxygen atoms in total. The lowest BCUT2D eigenvalue weighted by molar-refractivity contribution is 1.06. The average Bonchev–Trinajstić information content (AvgIpc) is 3.05. The highest BCUT2D eigenvalue weighted by Gasteiger charge is 2.12. The third kappa shape index (κ3) is 2.68. The normalized spacial score (nSPS) is 11.2. The number of imidazole rings is 1. The Morgan fingerprint density at radius 3 is 2.48 bits per heavy atom. The second kappa shape index (κ2) is 5.97. The largest absolute Gasteiger partial charge is 0.339 e. The zero-order valence-corrected chi connectivity index (χ0v) is 15.3. The Bertz CT molecular complexity index is 1150. The molecule has 4 rings (SSSR count). The fraction of sp³-hybridized carbons (Fsp3) is 0.143. The Morgan fingerprint density at radius 1 is 0.920 bits per heavy atom. The van der Waals surface area contributed by atoms with Crippen molar-refractivity contribution in [3.63, 3.8) is 0 Å². The molecule has 0 bridgehead atoms. The van der Waals surface area contributed by atoms with Gasteiger partial charge in [0.2, 0.25) is 4.77 Å². The van der Waals surface area contributed by atoms with Crippen LogP contribution in [0.3, 0.4) is 0 Å². The molecule has 2 aromatic heterocycles. The van der Waals surface area contributed by atoms with Crippen molar-refractivity contribution in [2.45, 2.75) is 20.8 Å². The van der Waals surface area contributed by atoms with Gasteiger partial charge in [0.1, 0.15) is 5.65 Å². The van der Waals surface area contributed by atoms with Gasteiger partial charge in [-0.25, -0.2) is 4.98 Å². The number of H-pyrrole nitrogens is 1. The van der Waals surface area contributed by atoms with E-state index in [0.29, 0.717) is 4.77 Å². The van der Waals surface area contributed by atoms with Crippen LogP contribution in [0.15, 0.2) is 54.9 Å². The summed E-state index contributed by atoms with van der Waals surface area (Å²) in [5.74, 6) is 0. The summed E-state index contributed by atoms with van der Waals surface area (Å²) in [6.07, 6.45) is 3.90. The molecule has 0 unspecified atom stereocenters. The molecule has 0 aliphatic carbocycles. The highest BCUT2D eigenvalue weighted by molar-refractivity contribution is 7.71. The van der Waals surface area contributed by atoms with Crippen LogP contribution in [-0.2, 0) is 0 Å². The molecule has 0 aliphatic heterocycles. The number of aromatic amines is 1. The molecule has 1 N–H and O–H groups in total.